The maximum atomic E-state index is 13.2. The van der Waals surface area contributed by atoms with Gasteiger partial charge in [-0.05, 0) is 47.1 Å². The highest BCUT2D eigenvalue weighted by molar-refractivity contribution is 9.10. The van der Waals surface area contributed by atoms with Crippen LogP contribution in [0, 0.1) is 5.82 Å². The highest BCUT2D eigenvalue weighted by atomic mass is 79.9. The van der Waals surface area contributed by atoms with Crippen LogP contribution in [0.5, 0.6) is 0 Å². The van der Waals surface area contributed by atoms with E-state index in [0.29, 0.717) is 0 Å². The fourth-order valence-electron chi connectivity index (χ4n) is 1.71. The molecule has 1 heterocycles. The summed E-state index contributed by atoms with van der Waals surface area (Å²) in [6.07, 6.45) is -4.70. The van der Waals surface area contributed by atoms with Crippen molar-refractivity contribution in [3.8, 4) is 0 Å². The molecule has 1 unspecified atom stereocenters. The molecule has 7 heteroatoms. The Balaban J connectivity index is 2.22. The van der Waals surface area contributed by atoms with Crippen LogP contribution in [0.25, 0.3) is 0 Å². The Labute approximate surface area is 125 Å². The molecule has 108 valence electrons. The van der Waals surface area contributed by atoms with Gasteiger partial charge in [-0.2, -0.15) is 13.2 Å². The van der Waals surface area contributed by atoms with Gasteiger partial charge in [0.05, 0.1) is 11.6 Å². The van der Waals surface area contributed by atoms with Gasteiger partial charge in [0, 0.05) is 20.4 Å². The van der Waals surface area contributed by atoms with Crippen molar-refractivity contribution in [1.29, 1.82) is 0 Å². The maximum absolute atomic E-state index is 13.2. The Kier molecular flexibility index (Phi) is 4.39. The minimum Gasteiger partial charge on any atom is -0.378 e. The predicted molar refractivity (Wildman–Crippen MR) is 75.5 cm³/mol. The van der Waals surface area contributed by atoms with Gasteiger partial charge in [0.25, 0.3) is 0 Å². The van der Waals surface area contributed by atoms with Crippen molar-refractivity contribution in [2.24, 2.45) is 0 Å². The van der Waals surface area contributed by atoms with Crippen LogP contribution in [0.15, 0.2) is 34.1 Å². The Morgan fingerprint density at radius 1 is 1.25 bits per heavy atom. The molecule has 1 atom stereocenters. The lowest BCUT2D eigenvalue weighted by Crippen LogP contribution is -2.10. The lowest BCUT2D eigenvalue weighted by Gasteiger charge is -2.16. The molecule has 0 aliphatic carbocycles. The Morgan fingerprint density at radius 3 is 2.50 bits per heavy atom. The minimum atomic E-state index is -4.70. The van der Waals surface area contributed by atoms with E-state index in [0.717, 1.165) is 21.5 Å². The van der Waals surface area contributed by atoms with E-state index in [1.54, 1.807) is 0 Å². The predicted octanol–water partition coefficient (Wildman–Crippen LogP) is 5.84. The van der Waals surface area contributed by atoms with Crippen LogP contribution in [-0.2, 0) is 6.18 Å². The normalized spacial score (nSPS) is 13.3. The van der Waals surface area contributed by atoms with Gasteiger partial charge in [-0.25, -0.2) is 4.39 Å². The van der Waals surface area contributed by atoms with E-state index < -0.39 is 17.6 Å². The monoisotopic (exact) mass is 367 g/mol. The third kappa shape index (κ3) is 3.52. The number of benzene rings is 1. The summed E-state index contributed by atoms with van der Waals surface area (Å²) in [5.74, 6) is -1.27. The van der Waals surface area contributed by atoms with Crippen LogP contribution in [0.1, 0.15) is 23.4 Å². The zero-order valence-electron chi connectivity index (χ0n) is 10.3. The molecular weight excluding hydrogens is 358 g/mol. The molecule has 0 saturated carbocycles. The van der Waals surface area contributed by atoms with Crippen LogP contribution in [0.4, 0.5) is 23.2 Å². The van der Waals surface area contributed by atoms with E-state index >= 15 is 0 Å². The molecule has 0 aliphatic rings. The standard InChI is InChI=1S/C13H10BrF4NS/c1-7(12-4-8(14)6-20-12)19-9-2-3-11(15)10(5-9)13(16,17)18/h2-7,19H,1H3. The molecule has 2 rings (SSSR count). The summed E-state index contributed by atoms with van der Waals surface area (Å²) >= 11 is 4.80. The maximum Gasteiger partial charge on any atom is 0.419 e. The first-order valence-electron chi connectivity index (χ1n) is 5.64. The Morgan fingerprint density at radius 2 is 1.95 bits per heavy atom. The number of nitrogens with one attached hydrogen (secondary N) is 1. The van der Waals surface area contributed by atoms with Crippen molar-refractivity contribution in [2.75, 3.05) is 5.32 Å². The Hall–Kier alpha value is -1.08. The summed E-state index contributed by atoms with van der Waals surface area (Å²) in [4.78, 5) is 0.967. The molecule has 0 amide bonds. The second-order valence-corrected chi connectivity index (χ2v) is 6.08. The molecule has 0 radical (unpaired) electrons. The fraction of sp³-hybridized carbons (Fsp3) is 0.231. The molecule has 0 fully saturated rings. The summed E-state index contributed by atoms with van der Waals surface area (Å²) < 4.78 is 52.0. The van der Waals surface area contributed by atoms with Crippen LogP contribution in [0.3, 0.4) is 0 Å². The van der Waals surface area contributed by atoms with Crippen LogP contribution in [0.2, 0.25) is 0 Å². The number of alkyl halides is 3. The molecule has 2 aromatic rings. The third-order valence-electron chi connectivity index (χ3n) is 2.67. The molecule has 20 heavy (non-hydrogen) atoms. The average Bonchev–Trinajstić information content (AvgIpc) is 2.77. The zero-order chi connectivity index (χ0) is 14.9. The summed E-state index contributed by atoms with van der Waals surface area (Å²) in [5, 5.41) is 4.82. The molecule has 0 aliphatic heterocycles. The quantitative estimate of drug-likeness (QED) is 0.671. The number of thiophene rings is 1. The van der Waals surface area contributed by atoms with Gasteiger partial charge in [-0.3, -0.25) is 0 Å². The largest absolute Gasteiger partial charge is 0.419 e. The number of anilines is 1. The van der Waals surface area contributed by atoms with Crippen LogP contribution in [-0.4, -0.2) is 0 Å². The average molecular weight is 368 g/mol. The molecule has 1 aromatic carbocycles. The van der Waals surface area contributed by atoms with Gasteiger partial charge in [0.2, 0.25) is 0 Å². The first-order valence-corrected chi connectivity index (χ1v) is 7.32. The number of halogens is 5. The van der Waals surface area contributed by atoms with E-state index in [-0.39, 0.29) is 11.7 Å². The van der Waals surface area contributed by atoms with Crippen LogP contribution < -0.4 is 5.32 Å². The van der Waals surface area contributed by atoms with E-state index in [1.807, 2.05) is 18.4 Å². The SMILES string of the molecule is CC(Nc1ccc(F)c(C(F)(F)F)c1)c1cc(Br)cs1. The third-order valence-corrected chi connectivity index (χ3v) is 4.55. The van der Waals surface area contributed by atoms with Crippen molar-refractivity contribution in [1.82, 2.24) is 0 Å². The van der Waals surface area contributed by atoms with Gasteiger partial charge in [-0.15, -0.1) is 11.3 Å². The molecular formula is C13H10BrF4NS. The lowest BCUT2D eigenvalue weighted by atomic mass is 10.1. The molecule has 1 aromatic heterocycles. The lowest BCUT2D eigenvalue weighted by molar-refractivity contribution is -0.139. The number of hydrogen-bond acceptors (Lipinski definition) is 2. The molecule has 0 spiro atoms. The van der Waals surface area contributed by atoms with Crippen molar-refractivity contribution in [2.45, 2.75) is 19.1 Å². The summed E-state index contributed by atoms with van der Waals surface area (Å²) in [5.41, 5.74) is -1.03. The highest BCUT2D eigenvalue weighted by Gasteiger charge is 2.34. The zero-order valence-corrected chi connectivity index (χ0v) is 12.7. The van der Waals surface area contributed by atoms with E-state index in [4.69, 9.17) is 0 Å². The highest BCUT2D eigenvalue weighted by Crippen LogP contribution is 2.34. The van der Waals surface area contributed by atoms with E-state index in [2.05, 4.69) is 21.2 Å². The van der Waals surface area contributed by atoms with Gasteiger partial charge in [0.15, 0.2) is 0 Å². The Bertz CT molecular complexity index is 609. The molecule has 0 saturated heterocycles. The summed E-state index contributed by atoms with van der Waals surface area (Å²) in [7, 11) is 0. The first kappa shape index (κ1) is 15.3. The number of rotatable bonds is 3. The smallest absolute Gasteiger partial charge is 0.378 e. The number of hydrogen-bond donors (Lipinski definition) is 1. The van der Waals surface area contributed by atoms with Crippen molar-refractivity contribution < 1.29 is 17.6 Å². The van der Waals surface area contributed by atoms with Gasteiger partial charge < -0.3 is 5.32 Å². The summed E-state index contributed by atoms with van der Waals surface area (Å²) in [6.45, 7) is 1.83. The first-order chi connectivity index (χ1) is 9.27. The topological polar surface area (TPSA) is 12.0 Å². The second kappa shape index (κ2) is 5.73. The van der Waals surface area contributed by atoms with Crippen molar-refractivity contribution in [3.05, 3.63) is 50.4 Å². The van der Waals surface area contributed by atoms with E-state index in [1.165, 1.54) is 17.4 Å². The van der Waals surface area contributed by atoms with E-state index in [9.17, 15) is 17.6 Å². The van der Waals surface area contributed by atoms with Crippen molar-refractivity contribution >= 4 is 33.0 Å². The van der Waals surface area contributed by atoms with Gasteiger partial charge in [0.1, 0.15) is 5.82 Å². The van der Waals surface area contributed by atoms with Crippen LogP contribution >= 0.6 is 27.3 Å². The molecule has 0 bridgehead atoms. The molecule has 1 N–H and O–H groups in total. The van der Waals surface area contributed by atoms with Gasteiger partial charge in [-0.1, -0.05) is 0 Å². The fourth-order valence-corrected chi connectivity index (χ4v) is 3.16. The minimum absolute atomic E-state index is 0.169. The molecule has 1 nitrogen and oxygen atoms in total. The summed E-state index contributed by atoms with van der Waals surface area (Å²) in [6, 6.07) is 4.62. The second-order valence-electron chi connectivity index (χ2n) is 4.23. The van der Waals surface area contributed by atoms with Crippen molar-refractivity contribution in [3.63, 3.8) is 0 Å². The van der Waals surface area contributed by atoms with Gasteiger partial charge >= 0.3 is 6.18 Å².